The third-order valence-corrected chi connectivity index (χ3v) is 3.50. The topological polar surface area (TPSA) is 105 Å². The Hall–Kier alpha value is -3.41. The molecule has 29 heavy (non-hydrogen) atoms. The van der Waals surface area contributed by atoms with Gasteiger partial charge in [0.15, 0.2) is 17.4 Å². The predicted octanol–water partition coefficient (Wildman–Crippen LogP) is 4.18. The van der Waals surface area contributed by atoms with E-state index >= 15 is 0 Å². The van der Waals surface area contributed by atoms with Gasteiger partial charge in [-0.05, 0) is 30.3 Å². The summed E-state index contributed by atoms with van der Waals surface area (Å²) in [6.07, 6.45) is -5.21. The first-order chi connectivity index (χ1) is 13.4. The highest BCUT2D eigenvalue weighted by molar-refractivity contribution is 6.34. The summed E-state index contributed by atoms with van der Waals surface area (Å²) in [5, 5.41) is 11.8. The predicted molar refractivity (Wildman–Crippen MR) is 87.9 cm³/mol. The van der Waals surface area contributed by atoms with Crippen molar-refractivity contribution in [2.75, 3.05) is 5.32 Å². The van der Waals surface area contributed by atoms with Gasteiger partial charge in [0, 0.05) is 0 Å². The molecule has 0 saturated carbocycles. The van der Waals surface area contributed by atoms with Crippen molar-refractivity contribution in [3.63, 3.8) is 0 Å². The maximum atomic E-state index is 13.2. The molecule has 0 aromatic heterocycles. The number of rotatable bonds is 4. The molecule has 3 amide bonds. The van der Waals surface area contributed by atoms with Gasteiger partial charge in [-0.2, -0.15) is 0 Å². The lowest BCUT2D eigenvalue weighted by Crippen LogP contribution is -2.35. The second-order valence-corrected chi connectivity index (χ2v) is 5.63. The molecule has 0 radical (unpaired) electrons. The first-order valence-electron chi connectivity index (χ1n) is 7.27. The zero-order valence-electron chi connectivity index (χ0n) is 13.7. The highest BCUT2D eigenvalue weighted by Gasteiger charge is 2.33. The fraction of sp³-hybridized carbons (Fsp3) is 0.0625. The second kappa shape index (κ2) is 8.31. The first kappa shape index (κ1) is 21.9. The number of carbonyl (C=O) groups excluding carboxylic acids is 2. The van der Waals surface area contributed by atoms with Crippen LogP contribution in [0.5, 0.6) is 5.75 Å². The van der Waals surface area contributed by atoms with E-state index in [1.165, 1.54) is 0 Å². The number of nitrogens with one attached hydrogen (secondary N) is 2. The summed E-state index contributed by atoms with van der Waals surface area (Å²) in [5.41, 5.74) is -1.82. The summed E-state index contributed by atoms with van der Waals surface area (Å²) in [4.78, 5) is 34.7. The quantitative estimate of drug-likeness (QED) is 0.491. The van der Waals surface area contributed by atoms with Crippen LogP contribution >= 0.6 is 11.6 Å². The molecule has 0 fully saturated rings. The second-order valence-electron chi connectivity index (χ2n) is 5.22. The minimum Gasteiger partial charge on any atom is -0.478 e. The van der Waals surface area contributed by atoms with E-state index in [0.717, 1.165) is 12.1 Å². The number of carbonyl (C=O) groups is 3. The maximum absolute atomic E-state index is 13.2. The zero-order chi connectivity index (χ0) is 21.9. The lowest BCUT2D eigenvalue weighted by Gasteiger charge is -2.15. The van der Waals surface area contributed by atoms with Crippen LogP contribution in [0.4, 0.5) is 32.4 Å². The molecule has 13 heteroatoms. The maximum Gasteiger partial charge on any atom is 0.573 e. The largest absolute Gasteiger partial charge is 0.573 e. The number of halogens is 6. The summed E-state index contributed by atoms with van der Waals surface area (Å²) < 4.78 is 67.4. The molecule has 0 heterocycles. The third-order valence-electron chi connectivity index (χ3n) is 3.18. The fourth-order valence-corrected chi connectivity index (χ4v) is 2.22. The van der Waals surface area contributed by atoms with Crippen LogP contribution in [0, 0.1) is 11.6 Å². The molecule has 2 rings (SSSR count). The minimum atomic E-state index is -5.21. The Morgan fingerprint density at radius 3 is 2.24 bits per heavy atom. The number of anilines is 1. The van der Waals surface area contributed by atoms with Gasteiger partial charge >= 0.3 is 18.4 Å². The number of hydrogen-bond donors (Lipinski definition) is 3. The molecule has 154 valence electrons. The molecule has 3 N–H and O–H groups in total. The molecule has 0 aliphatic rings. The molecule has 2 aromatic rings. The number of hydrogen-bond acceptors (Lipinski definition) is 4. The molecule has 7 nitrogen and oxygen atoms in total. The Labute approximate surface area is 163 Å². The van der Waals surface area contributed by atoms with Crippen LogP contribution in [-0.2, 0) is 0 Å². The zero-order valence-corrected chi connectivity index (χ0v) is 14.5. The van der Waals surface area contributed by atoms with E-state index in [1.54, 1.807) is 5.32 Å². The monoisotopic (exact) mass is 438 g/mol. The molecule has 0 spiro atoms. The number of alkyl halides is 3. The number of imide groups is 1. The van der Waals surface area contributed by atoms with E-state index in [9.17, 15) is 36.3 Å². The van der Waals surface area contributed by atoms with Gasteiger partial charge in [0.2, 0.25) is 0 Å². The molecule has 0 aliphatic heterocycles. The summed E-state index contributed by atoms with van der Waals surface area (Å²) >= 11 is 5.59. The van der Waals surface area contributed by atoms with Crippen LogP contribution in [0.2, 0.25) is 5.02 Å². The summed E-state index contributed by atoms with van der Waals surface area (Å²) in [6.45, 7) is 0. The molecule has 0 unspecified atom stereocenters. The van der Waals surface area contributed by atoms with E-state index in [2.05, 4.69) is 4.74 Å². The Bertz CT molecular complexity index is 996. The van der Waals surface area contributed by atoms with Gasteiger partial charge in [0.05, 0.1) is 21.8 Å². The molecule has 0 aliphatic carbocycles. The Balaban J connectivity index is 2.23. The van der Waals surface area contributed by atoms with E-state index in [4.69, 9.17) is 16.7 Å². The summed E-state index contributed by atoms with van der Waals surface area (Å²) in [5.74, 6) is -6.68. The number of ether oxygens (including phenoxy) is 1. The molecule has 0 bridgehead atoms. The van der Waals surface area contributed by atoms with E-state index < -0.39 is 63.5 Å². The van der Waals surface area contributed by atoms with Crippen molar-refractivity contribution in [1.82, 2.24) is 5.32 Å². The normalized spacial score (nSPS) is 11.0. The standard InChI is InChI=1S/C16H8ClF5N2O5/c17-8-5-10(19)9(18)4-7(8)13(25)24-15(28)23-11-2-1-6(14(26)27)3-12(11)29-16(20,21)22/h1-5H,(H,26,27)(H2,23,24,25,28). The molecule has 2 aromatic carbocycles. The van der Waals surface area contributed by atoms with Crippen LogP contribution in [0.25, 0.3) is 0 Å². The number of urea groups is 1. The van der Waals surface area contributed by atoms with Crippen molar-refractivity contribution in [3.8, 4) is 5.75 Å². The van der Waals surface area contributed by atoms with Crippen LogP contribution in [0.15, 0.2) is 30.3 Å². The van der Waals surface area contributed by atoms with Gasteiger partial charge in [0.25, 0.3) is 5.91 Å². The molecule has 0 saturated heterocycles. The van der Waals surface area contributed by atoms with Crippen LogP contribution in [-0.4, -0.2) is 29.4 Å². The number of aromatic carboxylic acids is 1. The van der Waals surface area contributed by atoms with Crippen LogP contribution < -0.4 is 15.4 Å². The number of amides is 3. The van der Waals surface area contributed by atoms with Crippen molar-refractivity contribution < 1.29 is 46.2 Å². The van der Waals surface area contributed by atoms with Crippen molar-refractivity contribution in [1.29, 1.82) is 0 Å². The smallest absolute Gasteiger partial charge is 0.478 e. The van der Waals surface area contributed by atoms with E-state index in [0.29, 0.717) is 18.2 Å². The minimum absolute atomic E-state index is 0.417. The Kier molecular flexibility index (Phi) is 6.27. The van der Waals surface area contributed by atoms with Gasteiger partial charge in [-0.25, -0.2) is 18.4 Å². The fourth-order valence-electron chi connectivity index (χ4n) is 1.99. The van der Waals surface area contributed by atoms with Crippen LogP contribution in [0.3, 0.4) is 0 Å². The van der Waals surface area contributed by atoms with Gasteiger partial charge in [-0.15, -0.1) is 13.2 Å². The SMILES string of the molecule is O=C(NC(=O)c1cc(F)c(F)cc1Cl)Nc1ccc(C(=O)O)cc1OC(F)(F)F. The molecular formula is C16H8ClF5N2O5. The highest BCUT2D eigenvalue weighted by atomic mass is 35.5. The molecular weight excluding hydrogens is 431 g/mol. The Morgan fingerprint density at radius 1 is 1.03 bits per heavy atom. The van der Waals surface area contributed by atoms with Crippen LogP contribution in [0.1, 0.15) is 20.7 Å². The van der Waals surface area contributed by atoms with Gasteiger partial charge < -0.3 is 15.2 Å². The van der Waals surface area contributed by atoms with Gasteiger partial charge in [-0.3, -0.25) is 10.1 Å². The van der Waals surface area contributed by atoms with Crippen molar-refractivity contribution >= 4 is 35.2 Å². The summed E-state index contributed by atoms with van der Waals surface area (Å²) in [6, 6.07) is 1.68. The average Bonchev–Trinajstić information content (AvgIpc) is 2.58. The van der Waals surface area contributed by atoms with E-state index in [-0.39, 0.29) is 0 Å². The number of benzene rings is 2. The van der Waals surface area contributed by atoms with Crippen molar-refractivity contribution in [2.24, 2.45) is 0 Å². The van der Waals surface area contributed by atoms with Crippen molar-refractivity contribution in [2.45, 2.75) is 6.36 Å². The highest BCUT2D eigenvalue weighted by Crippen LogP contribution is 2.31. The van der Waals surface area contributed by atoms with Gasteiger partial charge in [0.1, 0.15) is 0 Å². The number of carboxylic acid groups (broad SMARTS) is 1. The lowest BCUT2D eigenvalue weighted by atomic mass is 10.2. The van der Waals surface area contributed by atoms with Gasteiger partial charge in [-0.1, -0.05) is 11.6 Å². The third kappa shape index (κ3) is 5.78. The first-order valence-corrected chi connectivity index (χ1v) is 7.65. The Morgan fingerprint density at radius 2 is 1.66 bits per heavy atom. The lowest BCUT2D eigenvalue weighted by molar-refractivity contribution is -0.274. The average molecular weight is 439 g/mol. The number of carboxylic acids is 1. The summed E-state index contributed by atoms with van der Waals surface area (Å²) in [7, 11) is 0. The van der Waals surface area contributed by atoms with Crippen molar-refractivity contribution in [3.05, 3.63) is 58.1 Å². The van der Waals surface area contributed by atoms with E-state index in [1.807, 2.05) is 5.32 Å². The molecule has 0 atom stereocenters.